The van der Waals surface area contributed by atoms with Crippen LogP contribution in [0.2, 0.25) is 0 Å². The van der Waals surface area contributed by atoms with Gasteiger partial charge in [-0.3, -0.25) is 4.79 Å². The van der Waals surface area contributed by atoms with Crippen molar-refractivity contribution in [1.29, 1.82) is 0 Å². The van der Waals surface area contributed by atoms with Gasteiger partial charge in [0.15, 0.2) is 5.78 Å². The first-order valence-corrected chi connectivity index (χ1v) is 4.51. The summed E-state index contributed by atoms with van der Waals surface area (Å²) in [5, 5.41) is 0. The van der Waals surface area contributed by atoms with E-state index in [0.29, 0.717) is 24.0 Å². The van der Waals surface area contributed by atoms with Gasteiger partial charge in [-0.2, -0.15) is 0 Å². The molecule has 13 heavy (non-hydrogen) atoms. The number of carbonyl (C=O) groups excluding carboxylic acids is 2. The predicted molar refractivity (Wildman–Crippen MR) is 51.0 cm³/mol. The highest BCUT2D eigenvalue weighted by Gasteiger charge is 2.26. The van der Waals surface area contributed by atoms with Gasteiger partial charge in [0, 0.05) is 17.6 Å². The van der Waals surface area contributed by atoms with Crippen molar-refractivity contribution in [3.05, 3.63) is 16.7 Å². The molecule has 0 saturated heterocycles. The van der Waals surface area contributed by atoms with Crippen LogP contribution in [0.4, 0.5) is 0 Å². The van der Waals surface area contributed by atoms with Crippen LogP contribution >= 0.6 is 0 Å². The Hall–Kier alpha value is -1.14. The molecule has 2 nitrogen and oxygen atoms in total. The van der Waals surface area contributed by atoms with E-state index in [9.17, 15) is 9.59 Å². The lowest BCUT2D eigenvalue weighted by Crippen LogP contribution is -2.19. The molecule has 0 N–H and O–H groups in total. The third-order valence-corrected chi connectivity index (χ3v) is 2.29. The van der Waals surface area contributed by atoms with E-state index in [2.05, 4.69) is 0 Å². The normalized spacial score (nSPS) is 23.0. The van der Waals surface area contributed by atoms with Gasteiger partial charge in [0.25, 0.3) is 0 Å². The number of hydrogen-bond acceptors (Lipinski definition) is 2. The summed E-state index contributed by atoms with van der Waals surface area (Å²) in [5.74, 6) is 2.26. The molecule has 0 aromatic heterocycles. The Labute approximate surface area is 78.3 Å². The maximum absolute atomic E-state index is 11.6. The minimum absolute atomic E-state index is 0.0945. The molecule has 1 aliphatic carbocycles. The van der Waals surface area contributed by atoms with Gasteiger partial charge >= 0.3 is 0 Å². The summed E-state index contributed by atoms with van der Waals surface area (Å²) >= 11 is 0. The Balaban J connectivity index is 3.14. The summed E-state index contributed by atoms with van der Waals surface area (Å²) in [6.45, 7) is 5.71. The topological polar surface area (TPSA) is 34.1 Å². The quantitative estimate of drug-likeness (QED) is 0.420. The molecule has 70 valence electrons. The molecule has 1 fully saturated rings. The zero-order chi connectivity index (χ0) is 10.0. The standard InChI is InChI=1S/C11H14O2/c1-7(2)11-9(6-12)4-8(3)5-10(11)13/h8H,4-5H2,1-3H3/t8-/m1/s1. The van der Waals surface area contributed by atoms with E-state index in [4.69, 9.17) is 0 Å². The first kappa shape index (κ1) is 9.94. The van der Waals surface area contributed by atoms with Gasteiger partial charge in [-0.25, -0.2) is 4.79 Å². The Bertz CT molecular complexity index is 313. The molecule has 0 aromatic carbocycles. The molecule has 1 aliphatic rings. The minimum Gasteiger partial charge on any atom is -0.294 e. The van der Waals surface area contributed by atoms with Gasteiger partial charge in [-0.1, -0.05) is 12.5 Å². The van der Waals surface area contributed by atoms with Crippen LogP contribution in [0.1, 0.15) is 33.6 Å². The van der Waals surface area contributed by atoms with Gasteiger partial charge in [-0.15, -0.1) is 0 Å². The lowest BCUT2D eigenvalue weighted by atomic mass is 9.81. The molecular weight excluding hydrogens is 164 g/mol. The fourth-order valence-corrected chi connectivity index (χ4v) is 1.78. The van der Waals surface area contributed by atoms with E-state index >= 15 is 0 Å². The van der Waals surface area contributed by atoms with E-state index in [-0.39, 0.29) is 11.7 Å². The molecule has 2 heteroatoms. The van der Waals surface area contributed by atoms with E-state index in [1.165, 1.54) is 0 Å². The van der Waals surface area contributed by atoms with E-state index < -0.39 is 0 Å². The second-order valence-electron chi connectivity index (χ2n) is 3.89. The van der Waals surface area contributed by atoms with Crippen LogP contribution < -0.4 is 0 Å². The summed E-state index contributed by atoms with van der Waals surface area (Å²) in [5.41, 5.74) is 2.10. The highest BCUT2D eigenvalue weighted by molar-refractivity contribution is 6.03. The molecule has 1 rings (SSSR count). The van der Waals surface area contributed by atoms with Gasteiger partial charge in [-0.05, 0) is 26.2 Å². The van der Waals surface area contributed by atoms with E-state index in [0.717, 1.165) is 5.57 Å². The van der Waals surface area contributed by atoms with Crippen LogP contribution in [0.3, 0.4) is 0 Å². The highest BCUT2D eigenvalue weighted by Crippen LogP contribution is 2.30. The first-order valence-electron chi connectivity index (χ1n) is 4.51. The minimum atomic E-state index is 0.0945. The molecule has 0 spiro atoms. The number of Topliss-reactive ketones (excluding diaryl/α,β-unsaturated/α-hetero) is 1. The Morgan fingerprint density at radius 3 is 2.46 bits per heavy atom. The highest BCUT2D eigenvalue weighted by atomic mass is 16.1. The van der Waals surface area contributed by atoms with Gasteiger partial charge in [0.2, 0.25) is 0 Å². The third kappa shape index (κ3) is 1.96. The maximum Gasteiger partial charge on any atom is 0.164 e. The SMILES string of the molecule is CC(C)=C1C(=O)C[C@H](C)CC1=C=O. The molecule has 1 saturated carbocycles. The van der Waals surface area contributed by atoms with Crippen LogP contribution in [0.25, 0.3) is 0 Å². The van der Waals surface area contributed by atoms with Crippen molar-refractivity contribution in [3.8, 4) is 0 Å². The van der Waals surface area contributed by atoms with Crippen molar-refractivity contribution >= 4 is 11.7 Å². The number of rotatable bonds is 0. The van der Waals surface area contributed by atoms with Crippen LogP contribution in [-0.4, -0.2) is 11.7 Å². The Kier molecular flexibility index (Phi) is 2.84. The largest absolute Gasteiger partial charge is 0.294 e. The lowest BCUT2D eigenvalue weighted by Gasteiger charge is -2.21. The van der Waals surface area contributed by atoms with Crippen LogP contribution in [0, 0.1) is 5.92 Å². The summed E-state index contributed by atoms with van der Waals surface area (Å²) in [4.78, 5) is 22.2. The third-order valence-electron chi connectivity index (χ3n) is 2.29. The predicted octanol–water partition coefficient (Wildman–Crippen LogP) is 2.08. The molecule has 0 radical (unpaired) electrons. The molecule has 0 aromatic rings. The number of hydrogen-bond donors (Lipinski definition) is 0. The van der Waals surface area contributed by atoms with Crippen LogP contribution in [0.5, 0.6) is 0 Å². The van der Waals surface area contributed by atoms with Crippen LogP contribution in [0.15, 0.2) is 16.7 Å². The van der Waals surface area contributed by atoms with Gasteiger partial charge < -0.3 is 0 Å². The monoisotopic (exact) mass is 178 g/mol. The first-order chi connectivity index (χ1) is 6.06. The van der Waals surface area contributed by atoms with E-state index in [1.54, 1.807) is 0 Å². The fourth-order valence-electron chi connectivity index (χ4n) is 1.78. The van der Waals surface area contributed by atoms with Crippen molar-refractivity contribution in [2.45, 2.75) is 33.6 Å². The number of carbonyl (C=O) groups is 1. The van der Waals surface area contributed by atoms with Crippen molar-refractivity contribution < 1.29 is 9.59 Å². The molecular formula is C11H14O2. The zero-order valence-corrected chi connectivity index (χ0v) is 8.31. The summed E-state index contributed by atoms with van der Waals surface area (Å²) in [6.07, 6.45) is 1.25. The molecule has 0 aliphatic heterocycles. The van der Waals surface area contributed by atoms with Gasteiger partial charge in [0.1, 0.15) is 5.94 Å². The van der Waals surface area contributed by atoms with Gasteiger partial charge in [0.05, 0.1) is 0 Å². The molecule has 0 amide bonds. The Morgan fingerprint density at radius 1 is 1.38 bits per heavy atom. The summed E-state index contributed by atoms with van der Waals surface area (Å²) < 4.78 is 0. The van der Waals surface area contributed by atoms with Crippen molar-refractivity contribution in [3.63, 3.8) is 0 Å². The van der Waals surface area contributed by atoms with E-state index in [1.807, 2.05) is 26.7 Å². The summed E-state index contributed by atoms with van der Waals surface area (Å²) in [6, 6.07) is 0. The van der Waals surface area contributed by atoms with Crippen molar-refractivity contribution in [2.24, 2.45) is 5.92 Å². The lowest BCUT2D eigenvalue weighted by molar-refractivity contribution is -0.116. The fraction of sp³-hybridized carbons (Fsp3) is 0.545. The molecule has 0 heterocycles. The van der Waals surface area contributed by atoms with Crippen molar-refractivity contribution in [1.82, 2.24) is 0 Å². The van der Waals surface area contributed by atoms with Crippen molar-refractivity contribution in [2.75, 3.05) is 0 Å². The second kappa shape index (κ2) is 3.71. The smallest absolute Gasteiger partial charge is 0.164 e. The molecule has 0 bridgehead atoms. The molecule has 0 unspecified atom stereocenters. The zero-order valence-electron chi connectivity index (χ0n) is 8.31. The number of ketones is 1. The second-order valence-corrected chi connectivity index (χ2v) is 3.89. The Morgan fingerprint density at radius 2 is 2.00 bits per heavy atom. The average Bonchev–Trinajstić information content (AvgIpc) is 2.01. The summed E-state index contributed by atoms with van der Waals surface area (Å²) in [7, 11) is 0. The van der Waals surface area contributed by atoms with Crippen LogP contribution in [-0.2, 0) is 9.59 Å². The average molecular weight is 178 g/mol. The number of allylic oxidation sites excluding steroid dienone is 3. The maximum atomic E-state index is 11.6. The molecule has 1 atom stereocenters.